The van der Waals surface area contributed by atoms with E-state index < -0.39 is 10.2 Å². The van der Waals surface area contributed by atoms with E-state index in [4.69, 9.17) is 16.0 Å². The Kier molecular flexibility index (Phi) is 5.17. The lowest BCUT2D eigenvalue weighted by molar-refractivity contribution is 0.436. The van der Waals surface area contributed by atoms with Crippen LogP contribution in [0.2, 0.25) is 5.02 Å². The number of anilines is 2. The number of benzene rings is 2. The number of fused-ring (bicyclic) bond motifs is 2. The van der Waals surface area contributed by atoms with E-state index in [1.807, 2.05) is 35.2 Å². The van der Waals surface area contributed by atoms with E-state index in [0.29, 0.717) is 60.6 Å². The number of hydrogen-bond acceptors (Lipinski definition) is 6. The topological polar surface area (TPSA) is 91.6 Å². The van der Waals surface area contributed by atoms with Crippen LogP contribution in [0.4, 0.5) is 11.8 Å². The Hall–Kier alpha value is -2.88. The van der Waals surface area contributed by atoms with Gasteiger partial charge in [0.05, 0.1) is 5.52 Å². The van der Waals surface area contributed by atoms with Gasteiger partial charge in [-0.15, -0.1) is 0 Å². The second kappa shape index (κ2) is 7.99. The molecule has 10 heteroatoms. The summed E-state index contributed by atoms with van der Waals surface area (Å²) >= 11 is 6.03. The molecule has 8 nitrogen and oxygen atoms in total. The van der Waals surface area contributed by atoms with Gasteiger partial charge in [-0.25, -0.2) is 4.98 Å². The van der Waals surface area contributed by atoms with E-state index in [9.17, 15) is 8.42 Å². The maximum absolute atomic E-state index is 13.0. The smallest absolute Gasteiger partial charge is 0.302 e. The van der Waals surface area contributed by atoms with Gasteiger partial charge in [0.1, 0.15) is 11.3 Å². The molecule has 160 valence electrons. The van der Waals surface area contributed by atoms with Crippen LogP contribution in [-0.4, -0.2) is 48.9 Å². The molecule has 3 heterocycles. The Morgan fingerprint density at radius 3 is 2.71 bits per heavy atom. The molecule has 0 spiro atoms. The van der Waals surface area contributed by atoms with E-state index in [-0.39, 0.29) is 0 Å². The van der Waals surface area contributed by atoms with Crippen LogP contribution in [0.5, 0.6) is 0 Å². The number of oxazole rings is 1. The summed E-state index contributed by atoms with van der Waals surface area (Å²) in [6, 6.07) is 16.9. The first-order valence-corrected chi connectivity index (χ1v) is 11.7. The minimum Gasteiger partial charge on any atom is -0.423 e. The molecule has 31 heavy (non-hydrogen) atoms. The molecule has 2 aromatic carbocycles. The van der Waals surface area contributed by atoms with Crippen molar-refractivity contribution in [3.05, 3.63) is 59.6 Å². The summed E-state index contributed by atoms with van der Waals surface area (Å²) < 4.78 is 35.8. The highest BCUT2D eigenvalue weighted by molar-refractivity contribution is 7.90. The highest BCUT2D eigenvalue weighted by atomic mass is 35.5. The van der Waals surface area contributed by atoms with Crippen molar-refractivity contribution in [2.24, 2.45) is 0 Å². The number of rotatable bonds is 4. The van der Waals surface area contributed by atoms with Gasteiger partial charge in [-0.1, -0.05) is 29.8 Å². The lowest BCUT2D eigenvalue weighted by Gasteiger charge is -2.21. The maximum Gasteiger partial charge on any atom is 0.302 e. The number of aromatic nitrogens is 2. The molecule has 5 rings (SSSR count). The fourth-order valence-electron chi connectivity index (χ4n) is 3.67. The van der Waals surface area contributed by atoms with Gasteiger partial charge in [-0.05, 0) is 42.8 Å². The summed E-state index contributed by atoms with van der Waals surface area (Å²) in [7, 11) is -3.74. The average Bonchev–Trinajstić information content (AvgIpc) is 3.00. The molecule has 1 fully saturated rings. The lowest BCUT2D eigenvalue weighted by atomic mass is 10.2. The molecule has 1 N–H and O–H groups in total. The van der Waals surface area contributed by atoms with E-state index in [1.54, 1.807) is 24.3 Å². The molecule has 1 aliphatic heterocycles. The summed E-state index contributed by atoms with van der Waals surface area (Å²) in [4.78, 5) is 10.9. The largest absolute Gasteiger partial charge is 0.423 e. The zero-order valence-electron chi connectivity index (χ0n) is 16.5. The quantitative estimate of drug-likeness (QED) is 0.499. The highest BCUT2D eigenvalue weighted by Crippen LogP contribution is 2.26. The van der Waals surface area contributed by atoms with Gasteiger partial charge in [0.2, 0.25) is 0 Å². The van der Waals surface area contributed by atoms with Crippen molar-refractivity contribution in [3.63, 3.8) is 0 Å². The first-order valence-electron chi connectivity index (χ1n) is 9.93. The van der Waals surface area contributed by atoms with E-state index in [1.165, 1.54) is 4.31 Å². The van der Waals surface area contributed by atoms with Crippen molar-refractivity contribution in [2.75, 3.05) is 35.8 Å². The third-order valence-corrected chi connectivity index (χ3v) is 6.98. The van der Waals surface area contributed by atoms with Gasteiger partial charge >= 0.3 is 10.2 Å². The molecule has 0 bridgehead atoms. The molecule has 1 aliphatic rings. The molecular weight excluding hydrogens is 438 g/mol. The third kappa shape index (κ3) is 4.16. The number of para-hydroxylation sites is 1. The Morgan fingerprint density at radius 2 is 1.81 bits per heavy atom. The Balaban J connectivity index is 1.31. The Morgan fingerprint density at radius 1 is 0.935 bits per heavy atom. The molecule has 1 saturated heterocycles. The predicted octanol–water partition coefficient (Wildman–Crippen LogP) is 3.90. The molecule has 2 aromatic heterocycles. The summed E-state index contributed by atoms with van der Waals surface area (Å²) in [5.74, 6) is 0.302. The maximum atomic E-state index is 13.0. The fraction of sp³-hybridized carbons (Fsp3) is 0.238. The van der Waals surface area contributed by atoms with Crippen LogP contribution >= 0.6 is 11.6 Å². The standard InChI is InChI=1S/C21H20ClN5O3S/c22-16-7-8-19-18(14-16)24-21(30-19)26-10-3-11-27(13-12-26)31(28,29)25-20-9-6-15-4-1-2-5-17(15)23-20/h1-2,4-9,14H,3,10-13H2,(H,23,25). The molecule has 0 amide bonds. The van der Waals surface area contributed by atoms with Crippen molar-refractivity contribution in [2.45, 2.75) is 6.42 Å². The van der Waals surface area contributed by atoms with Crippen molar-refractivity contribution in [1.29, 1.82) is 0 Å². The zero-order valence-corrected chi connectivity index (χ0v) is 18.1. The molecular formula is C21H20ClN5O3S. The minimum atomic E-state index is -3.74. The van der Waals surface area contributed by atoms with Crippen LogP contribution in [0.3, 0.4) is 0 Å². The first-order chi connectivity index (χ1) is 15.0. The van der Waals surface area contributed by atoms with Crippen LogP contribution in [0, 0.1) is 0 Å². The van der Waals surface area contributed by atoms with Crippen LogP contribution < -0.4 is 9.62 Å². The Bertz CT molecular complexity index is 1360. The highest BCUT2D eigenvalue weighted by Gasteiger charge is 2.27. The van der Waals surface area contributed by atoms with Crippen molar-refractivity contribution in [1.82, 2.24) is 14.3 Å². The fourth-order valence-corrected chi connectivity index (χ4v) is 5.03. The monoisotopic (exact) mass is 457 g/mol. The van der Waals surface area contributed by atoms with E-state index in [2.05, 4.69) is 14.7 Å². The first kappa shape index (κ1) is 20.0. The van der Waals surface area contributed by atoms with Gasteiger partial charge in [0.15, 0.2) is 5.58 Å². The normalized spacial score (nSPS) is 16.0. The van der Waals surface area contributed by atoms with Crippen LogP contribution in [-0.2, 0) is 10.2 Å². The minimum absolute atomic E-state index is 0.302. The summed E-state index contributed by atoms with van der Waals surface area (Å²) in [6.45, 7) is 1.81. The van der Waals surface area contributed by atoms with Crippen molar-refractivity contribution in [3.8, 4) is 0 Å². The number of halogens is 1. The zero-order chi connectivity index (χ0) is 21.4. The Labute approximate surface area is 184 Å². The predicted molar refractivity (Wildman–Crippen MR) is 122 cm³/mol. The SMILES string of the molecule is O=S(=O)(Nc1ccc2ccccc2n1)N1CCCN(c2nc3cc(Cl)ccc3o2)CC1. The second-order valence-corrected chi connectivity index (χ2v) is 9.45. The van der Waals surface area contributed by atoms with E-state index in [0.717, 1.165) is 10.9 Å². The summed E-state index contributed by atoms with van der Waals surface area (Å²) in [5.41, 5.74) is 2.07. The van der Waals surface area contributed by atoms with Crippen LogP contribution in [0.25, 0.3) is 22.0 Å². The van der Waals surface area contributed by atoms with Gasteiger partial charge < -0.3 is 9.32 Å². The molecule has 0 radical (unpaired) electrons. The number of pyridine rings is 1. The lowest BCUT2D eigenvalue weighted by Crippen LogP contribution is -2.39. The summed E-state index contributed by atoms with van der Waals surface area (Å²) in [5, 5.41) is 1.55. The second-order valence-electron chi connectivity index (χ2n) is 7.34. The number of nitrogens with one attached hydrogen (secondary N) is 1. The number of nitrogens with zero attached hydrogens (tertiary/aromatic N) is 4. The van der Waals surface area contributed by atoms with Gasteiger partial charge in [-0.2, -0.15) is 17.7 Å². The number of hydrogen-bond donors (Lipinski definition) is 1. The average molecular weight is 458 g/mol. The van der Waals surface area contributed by atoms with Crippen molar-refractivity contribution < 1.29 is 12.8 Å². The third-order valence-electron chi connectivity index (χ3n) is 5.24. The molecule has 0 unspecified atom stereocenters. The van der Waals surface area contributed by atoms with Crippen LogP contribution in [0.1, 0.15) is 6.42 Å². The van der Waals surface area contributed by atoms with Gasteiger partial charge in [-0.3, -0.25) is 4.72 Å². The van der Waals surface area contributed by atoms with E-state index >= 15 is 0 Å². The molecule has 0 saturated carbocycles. The molecule has 4 aromatic rings. The summed E-state index contributed by atoms with van der Waals surface area (Å²) in [6.07, 6.45) is 0.644. The van der Waals surface area contributed by atoms with Gasteiger partial charge in [0, 0.05) is 36.6 Å². The van der Waals surface area contributed by atoms with Gasteiger partial charge in [0.25, 0.3) is 6.01 Å². The van der Waals surface area contributed by atoms with Crippen molar-refractivity contribution >= 4 is 55.6 Å². The molecule has 0 aliphatic carbocycles. The van der Waals surface area contributed by atoms with Crippen LogP contribution in [0.15, 0.2) is 59.0 Å². The molecule has 0 atom stereocenters.